The van der Waals surface area contributed by atoms with Gasteiger partial charge in [-0.2, -0.15) is 0 Å². The molecule has 76 valence electrons. The van der Waals surface area contributed by atoms with E-state index < -0.39 is 0 Å². The van der Waals surface area contributed by atoms with Crippen LogP contribution in [-0.4, -0.2) is 37.1 Å². The normalized spacial score (nSPS) is 30.0. The van der Waals surface area contributed by atoms with E-state index >= 15 is 0 Å². The van der Waals surface area contributed by atoms with Gasteiger partial charge >= 0.3 is 0 Å². The van der Waals surface area contributed by atoms with Crippen LogP contribution in [0.1, 0.15) is 38.5 Å². The molecule has 0 saturated carbocycles. The standard InChI is InChI=1S/C11H22N2/c1-2-9-13(8-1)10-4-6-11-5-3-7-12-11/h11-12H,1-10H2. The highest BCUT2D eigenvalue weighted by atomic mass is 15.1. The van der Waals surface area contributed by atoms with Crippen LogP contribution < -0.4 is 5.32 Å². The van der Waals surface area contributed by atoms with Gasteiger partial charge < -0.3 is 10.2 Å². The van der Waals surface area contributed by atoms with Crippen LogP contribution in [0.25, 0.3) is 0 Å². The van der Waals surface area contributed by atoms with Crippen molar-refractivity contribution in [2.45, 2.75) is 44.6 Å². The van der Waals surface area contributed by atoms with Gasteiger partial charge in [-0.1, -0.05) is 0 Å². The van der Waals surface area contributed by atoms with Crippen LogP contribution in [0, 0.1) is 0 Å². The van der Waals surface area contributed by atoms with E-state index in [2.05, 4.69) is 10.2 Å². The molecule has 2 aliphatic heterocycles. The second-order valence-electron chi connectivity index (χ2n) is 4.48. The highest BCUT2D eigenvalue weighted by Gasteiger charge is 2.15. The molecule has 2 rings (SSSR count). The van der Waals surface area contributed by atoms with Crippen LogP contribution in [0.2, 0.25) is 0 Å². The Hall–Kier alpha value is -0.0800. The summed E-state index contributed by atoms with van der Waals surface area (Å²) >= 11 is 0. The van der Waals surface area contributed by atoms with Crippen molar-refractivity contribution in [1.29, 1.82) is 0 Å². The quantitative estimate of drug-likeness (QED) is 0.710. The van der Waals surface area contributed by atoms with Crippen LogP contribution >= 0.6 is 0 Å². The third kappa shape index (κ3) is 2.96. The molecule has 0 radical (unpaired) electrons. The summed E-state index contributed by atoms with van der Waals surface area (Å²) in [6.45, 7) is 5.32. The molecule has 1 atom stereocenters. The Balaban J connectivity index is 1.52. The van der Waals surface area contributed by atoms with Crippen LogP contribution in [0.3, 0.4) is 0 Å². The predicted molar refractivity (Wildman–Crippen MR) is 55.9 cm³/mol. The summed E-state index contributed by atoms with van der Waals surface area (Å²) in [5, 5.41) is 3.56. The Kier molecular flexibility index (Phi) is 3.62. The van der Waals surface area contributed by atoms with E-state index in [1.54, 1.807) is 0 Å². The Morgan fingerprint density at radius 3 is 2.69 bits per heavy atom. The van der Waals surface area contributed by atoms with Gasteiger partial charge in [0.25, 0.3) is 0 Å². The molecule has 1 N–H and O–H groups in total. The molecule has 0 spiro atoms. The van der Waals surface area contributed by atoms with Crippen molar-refractivity contribution in [3.8, 4) is 0 Å². The lowest BCUT2D eigenvalue weighted by molar-refractivity contribution is 0.322. The lowest BCUT2D eigenvalue weighted by atomic mass is 10.1. The maximum absolute atomic E-state index is 3.56. The smallest absolute Gasteiger partial charge is 0.00680 e. The largest absolute Gasteiger partial charge is 0.314 e. The zero-order valence-corrected chi connectivity index (χ0v) is 8.60. The van der Waals surface area contributed by atoms with Gasteiger partial charge in [-0.25, -0.2) is 0 Å². The van der Waals surface area contributed by atoms with E-state index in [4.69, 9.17) is 0 Å². The van der Waals surface area contributed by atoms with Crippen LogP contribution in [0.5, 0.6) is 0 Å². The van der Waals surface area contributed by atoms with Crippen molar-refractivity contribution >= 4 is 0 Å². The van der Waals surface area contributed by atoms with E-state index in [0.29, 0.717) is 0 Å². The van der Waals surface area contributed by atoms with Gasteiger partial charge in [-0.15, -0.1) is 0 Å². The third-order valence-corrected chi connectivity index (χ3v) is 3.39. The Morgan fingerprint density at radius 1 is 1.15 bits per heavy atom. The first kappa shape index (κ1) is 9.47. The molecule has 1 unspecified atom stereocenters. The zero-order chi connectivity index (χ0) is 8.93. The molecule has 0 bridgehead atoms. The third-order valence-electron chi connectivity index (χ3n) is 3.39. The van der Waals surface area contributed by atoms with E-state index in [1.165, 1.54) is 64.7 Å². The molecule has 2 heteroatoms. The number of rotatable bonds is 4. The minimum absolute atomic E-state index is 0.850. The lowest BCUT2D eigenvalue weighted by Crippen LogP contribution is -2.25. The second-order valence-corrected chi connectivity index (χ2v) is 4.48. The van der Waals surface area contributed by atoms with E-state index in [0.717, 1.165) is 6.04 Å². The number of hydrogen-bond acceptors (Lipinski definition) is 2. The summed E-state index contributed by atoms with van der Waals surface area (Å²) in [6.07, 6.45) is 8.48. The molecule has 2 aliphatic rings. The molecule has 2 heterocycles. The van der Waals surface area contributed by atoms with Gasteiger partial charge in [0, 0.05) is 6.04 Å². The molecule has 2 nitrogen and oxygen atoms in total. The van der Waals surface area contributed by atoms with Crippen molar-refractivity contribution in [3.05, 3.63) is 0 Å². The molecular weight excluding hydrogens is 160 g/mol. The summed E-state index contributed by atoms with van der Waals surface area (Å²) in [7, 11) is 0. The first-order valence-electron chi connectivity index (χ1n) is 5.91. The molecule has 2 saturated heterocycles. The van der Waals surface area contributed by atoms with Gasteiger partial charge in [-0.05, 0) is 64.7 Å². The molecule has 0 aromatic heterocycles. The Morgan fingerprint density at radius 2 is 2.00 bits per heavy atom. The summed E-state index contributed by atoms with van der Waals surface area (Å²) in [4.78, 5) is 2.62. The fourth-order valence-corrected chi connectivity index (χ4v) is 2.57. The fourth-order valence-electron chi connectivity index (χ4n) is 2.57. The number of nitrogens with one attached hydrogen (secondary N) is 1. The SMILES string of the molecule is C1CNC(CCCN2CCCC2)C1. The average Bonchev–Trinajstić information content (AvgIpc) is 2.75. The van der Waals surface area contributed by atoms with Crippen LogP contribution in [0.4, 0.5) is 0 Å². The summed E-state index contributed by atoms with van der Waals surface area (Å²) in [5.41, 5.74) is 0. The molecule has 2 fully saturated rings. The van der Waals surface area contributed by atoms with E-state index in [9.17, 15) is 0 Å². The predicted octanol–water partition coefficient (Wildman–Crippen LogP) is 1.61. The minimum atomic E-state index is 0.850. The van der Waals surface area contributed by atoms with Crippen molar-refractivity contribution in [3.63, 3.8) is 0 Å². The highest BCUT2D eigenvalue weighted by Crippen LogP contribution is 2.13. The maximum Gasteiger partial charge on any atom is 0.00680 e. The van der Waals surface area contributed by atoms with Crippen molar-refractivity contribution in [2.24, 2.45) is 0 Å². The van der Waals surface area contributed by atoms with Gasteiger partial charge in [0.1, 0.15) is 0 Å². The van der Waals surface area contributed by atoms with E-state index in [-0.39, 0.29) is 0 Å². The minimum Gasteiger partial charge on any atom is -0.314 e. The maximum atomic E-state index is 3.56. The highest BCUT2D eigenvalue weighted by molar-refractivity contribution is 4.75. The monoisotopic (exact) mass is 182 g/mol. The average molecular weight is 182 g/mol. The number of nitrogens with zero attached hydrogens (tertiary/aromatic N) is 1. The topological polar surface area (TPSA) is 15.3 Å². The van der Waals surface area contributed by atoms with E-state index in [1.807, 2.05) is 0 Å². The molecule has 0 aromatic carbocycles. The molecule has 0 amide bonds. The zero-order valence-electron chi connectivity index (χ0n) is 8.60. The molecular formula is C11H22N2. The number of hydrogen-bond donors (Lipinski definition) is 1. The second kappa shape index (κ2) is 4.97. The first-order valence-corrected chi connectivity index (χ1v) is 5.91. The number of likely N-dealkylation sites (tertiary alicyclic amines) is 1. The fraction of sp³-hybridized carbons (Fsp3) is 1.00. The molecule has 0 aliphatic carbocycles. The van der Waals surface area contributed by atoms with Crippen LogP contribution in [0.15, 0.2) is 0 Å². The first-order chi connectivity index (χ1) is 6.45. The van der Waals surface area contributed by atoms with Gasteiger partial charge in [-0.3, -0.25) is 0 Å². The molecule has 0 aromatic rings. The lowest BCUT2D eigenvalue weighted by Gasteiger charge is -2.16. The summed E-state index contributed by atoms with van der Waals surface area (Å²) < 4.78 is 0. The molecule has 13 heavy (non-hydrogen) atoms. The summed E-state index contributed by atoms with van der Waals surface area (Å²) in [5.74, 6) is 0. The van der Waals surface area contributed by atoms with Crippen molar-refractivity contribution in [1.82, 2.24) is 10.2 Å². The van der Waals surface area contributed by atoms with Gasteiger partial charge in [0.15, 0.2) is 0 Å². The Labute approximate surface area is 81.7 Å². The summed E-state index contributed by atoms with van der Waals surface area (Å²) in [6, 6.07) is 0.850. The van der Waals surface area contributed by atoms with Crippen LogP contribution in [-0.2, 0) is 0 Å². The van der Waals surface area contributed by atoms with Gasteiger partial charge in [0.2, 0.25) is 0 Å². The Bertz CT molecular complexity index is 119. The van der Waals surface area contributed by atoms with Crippen molar-refractivity contribution < 1.29 is 0 Å². The van der Waals surface area contributed by atoms with Crippen molar-refractivity contribution in [2.75, 3.05) is 26.2 Å². The van der Waals surface area contributed by atoms with Gasteiger partial charge in [0.05, 0.1) is 0 Å².